The third-order valence-electron chi connectivity index (χ3n) is 2.23. The summed E-state index contributed by atoms with van der Waals surface area (Å²) >= 11 is 0. The third kappa shape index (κ3) is 4.40. The number of hydrogen-bond acceptors (Lipinski definition) is 4. The molecule has 0 unspecified atom stereocenters. The van der Waals surface area contributed by atoms with Crippen molar-refractivity contribution in [3.63, 3.8) is 0 Å². The summed E-state index contributed by atoms with van der Waals surface area (Å²) in [6.07, 6.45) is 0. The standard InChI is InChI=1S/C11H22N4O2S/c1-11(2,3)8-15-9(7-14(4)5)6-10(13-15)18(12,16)17/h6H,7-8H2,1-5H3,(H2,12,16,17). The summed E-state index contributed by atoms with van der Waals surface area (Å²) < 4.78 is 24.4. The fraction of sp³-hybridized carbons (Fsp3) is 0.727. The van der Waals surface area contributed by atoms with Crippen LogP contribution in [0.4, 0.5) is 0 Å². The molecule has 0 amide bonds. The van der Waals surface area contributed by atoms with Gasteiger partial charge in [-0.15, -0.1) is 0 Å². The normalized spacial score (nSPS) is 13.3. The highest BCUT2D eigenvalue weighted by Gasteiger charge is 2.20. The van der Waals surface area contributed by atoms with Crippen molar-refractivity contribution in [3.05, 3.63) is 11.8 Å². The van der Waals surface area contributed by atoms with Crippen LogP contribution >= 0.6 is 0 Å². The molecule has 1 aromatic rings. The molecular weight excluding hydrogens is 252 g/mol. The van der Waals surface area contributed by atoms with Gasteiger partial charge in [0.05, 0.1) is 5.69 Å². The lowest BCUT2D eigenvalue weighted by molar-refractivity contribution is 0.302. The van der Waals surface area contributed by atoms with Crippen molar-refractivity contribution in [1.29, 1.82) is 0 Å². The zero-order chi connectivity index (χ0) is 14.1. The number of primary sulfonamides is 1. The summed E-state index contributed by atoms with van der Waals surface area (Å²) in [5, 5.41) is 9.15. The van der Waals surface area contributed by atoms with Gasteiger partial charge in [0, 0.05) is 19.2 Å². The molecule has 1 rings (SSSR count). The number of rotatable bonds is 4. The van der Waals surface area contributed by atoms with Crippen LogP contribution in [-0.2, 0) is 23.1 Å². The van der Waals surface area contributed by atoms with E-state index < -0.39 is 10.0 Å². The van der Waals surface area contributed by atoms with Crippen molar-refractivity contribution in [2.45, 2.75) is 38.9 Å². The molecule has 6 nitrogen and oxygen atoms in total. The predicted molar refractivity (Wildman–Crippen MR) is 70.4 cm³/mol. The van der Waals surface area contributed by atoms with Crippen molar-refractivity contribution in [3.8, 4) is 0 Å². The second-order valence-electron chi connectivity index (χ2n) is 5.98. The lowest BCUT2D eigenvalue weighted by atomic mass is 9.97. The third-order valence-corrected chi connectivity index (χ3v) is 3.02. The van der Waals surface area contributed by atoms with E-state index in [0.29, 0.717) is 13.1 Å². The molecule has 0 fully saturated rings. The average Bonchev–Trinajstić information content (AvgIpc) is 2.43. The highest BCUT2D eigenvalue weighted by Crippen LogP contribution is 2.19. The number of aromatic nitrogens is 2. The van der Waals surface area contributed by atoms with E-state index in [-0.39, 0.29) is 10.4 Å². The molecule has 0 saturated heterocycles. The monoisotopic (exact) mass is 274 g/mol. The summed E-state index contributed by atoms with van der Waals surface area (Å²) in [6, 6.07) is 1.54. The number of sulfonamides is 1. The maximum atomic E-state index is 11.3. The Morgan fingerprint density at radius 1 is 1.39 bits per heavy atom. The van der Waals surface area contributed by atoms with Crippen LogP contribution in [-0.4, -0.2) is 37.2 Å². The van der Waals surface area contributed by atoms with Gasteiger partial charge in [0.15, 0.2) is 5.03 Å². The Kier molecular flexibility index (Phi) is 4.19. The average molecular weight is 274 g/mol. The highest BCUT2D eigenvalue weighted by molar-refractivity contribution is 7.89. The minimum Gasteiger partial charge on any atom is -0.304 e. The Morgan fingerprint density at radius 3 is 2.33 bits per heavy atom. The van der Waals surface area contributed by atoms with Crippen molar-refractivity contribution >= 4 is 10.0 Å². The second-order valence-corrected chi connectivity index (χ2v) is 7.48. The minimum absolute atomic E-state index is 0.0166. The maximum absolute atomic E-state index is 11.3. The lowest BCUT2D eigenvalue weighted by Gasteiger charge is -2.20. The van der Waals surface area contributed by atoms with Gasteiger partial charge in [-0.25, -0.2) is 13.6 Å². The molecular formula is C11H22N4O2S. The fourth-order valence-corrected chi connectivity index (χ4v) is 2.12. The summed E-state index contributed by atoms with van der Waals surface area (Å²) in [4.78, 5) is 1.96. The van der Waals surface area contributed by atoms with Gasteiger partial charge in [-0.3, -0.25) is 4.68 Å². The van der Waals surface area contributed by atoms with Crippen LogP contribution in [0.5, 0.6) is 0 Å². The van der Waals surface area contributed by atoms with Gasteiger partial charge in [0.25, 0.3) is 10.0 Å². The fourth-order valence-electron chi connectivity index (χ4n) is 1.61. The first kappa shape index (κ1) is 15.1. The molecule has 0 aliphatic rings. The van der Waals surface area contributed by atoms with Crippen molar-refractivity contribution in [2.75, 3.05) is 14.1 Å². The van der Waals surface area contributed by atoms with Crippen molar-refractivity contribution in [1.82, 2.24) is 14.7 Å². The van der Waals surface area contributed by atoms with E-state index in [1.54, 1.807) is 10.7 Å². The Labute approximate surface area is 109 Å². The van der Waals surface area contributed by atoms with Crippen LogP contribution in [0.3, 0.4) is 0 Å². The van der Waals surface area contributed by atoms with Crippen LogP contribution in [0.15, 0.2) is 11.1 Å². The Morgan fingerprint density at radius 2 is 1.94 bits per heavy atom. The van der Waals surface area contributed by atoms with Gasteiger partial charge in [0.2, 0.25) is 0 Å². The molecule has 2 N–H and O–H groups in total. The first-order valence-corrected chi connectivity index (χ1v) is 7.28. The van der Waals surface area contributed by atoms with Crippen LogP contribution in [0.1, 0.15) is 26.5 Å². The Hall–Kier alpha value is -0.920. The van der Waals surface area contributed by atoms with Gasteiger partial charge >= 0.3 is 0 Å². The van der Waals surface area contributed by atoms with E-state index in [4.69, 9.17) is 5.14 Å². The first-order valence-electron chi connectivity index (χ1n) is 5.73. The van der Waals surface area contributed by atoms with Crippen molar-refractivity contribution < 1.29 is 8.42 Å². The largest absolute Gasteiger partial charge is 0.304 e. The smallest absolute Gasteiger partial charge is 0.257 e. The molecule has 7 heteroatoms. The van der Waals surface area contributed by atoms with E-state index in [1.807, 2.05) is 19.0 Å². The predicted octanol–water partition coefficient (Wildman–Crippen LogP) is 0.638. The molecule has 1 heterocycles. The Bertz CT molecular complexity index is 512. The molecule has 1 aromatic heterocycles. The van der Waals surface area contributed by atoms with Crippen LogP contribution in [0.25, 0.3) is 0 Å². The van der Waals surface area contributed by atoms with E-state index in [9.17, 15) is 8.42 Å². The first-order chi connectivity index (χ1) is 7.99. The van der Waals surface area contributed by atoms with Gasteiger partial charge in [-0.1, -0.05) is 20.8 Å². The molecule has 0 aliphatic heterocycles. The quantitative estimate of drug-likeness (QED) is 0.873. The SMILES string of the molecule is CN(C)Cc1cc(S(N)(=O)=O)nn1CC(C)(C)C. The summed E-state index contributed by atoms with van der Waals surface area (Å²) in [5.41, 5.74) is 0.863. The zero-order valence-electron chi connectivity index (χ0n) is 11.6. The molecule has 0 radical (unpaired) electrons. The highest BCUT2D eigenvalue weighted by atomic mass is 32.2. The molecule has 0 aliphatic carbocycles. The van der Waals surface area contributed by atoms with E-state index >= 15 is 0 Å². The molecule has 0 aromatic carbocycles. The summed E-state index contributed by atoms with van der Waals surface area (Å²) in [6.45, 7) is 7.49. The molecule has 18 heavy (non-hydrogen) atoms. The zero-order valence-corrected chi connectivity index (χ0v) is 12.5. The van der Waals surface area contributed by atoms with E-state index in [2.05, 4.69) is 25.9 Å². The van der Waals surface area contributed by atoms with Gasteiger partial charge in [-0.2, -0.15) is 5.10 Å². The summed E-state index contributed by atoms with van der Waals surface area (Å²) in [7, 11) is 0.0970. The molecule has 0 bridgehead atoms. The van der Waals surface area contributed by atoms with Crippen LogP contribution in [0.2, 0.25) is 0 Å². The van der Waals surface area contributed by atoms with Crippen LogP contribution in [0, 0.1) is 5.41 Å². The van der Waals surface area contributed by atoms with E-state index in [0.717, 1.165) is 5.69 Å². The maximum Gasteiger partial charge on any atom is 0.257 e. The number of hydrogen-bond donors (Lipinski definition) is 1. The summed E-state index contributed by atoms with van der Waals surface area (Å²) in [5.74, 6) is 0. The van der Waals surface area contributed by atoms with Crippen LogP contribution < -0.4 is 5.14 Å². The molecule has 0 spiro atoms. The number of nitrogens with two attached hydrogens (primary N) is 1. The van der Waals surface area contributed by atoms with Gasteiger partial charge in [0.1, 0.15) is 0 Å². The molecule has 104 valence electrons. The molecule has 0 saturated carbocycles. The number of nitrogens with zero attached hydrogens (tertiary/aromatic N) is 3. The van der Waals surface area contributed by atoms with Crippen molar-refractivity contribution in [2.24, 2.45) is 10.6 Å². The second kappa shape index (κ2) is 4.99. The lowest BCUT2D eigenvalue weighted by Crippen LogP contribution is -2.21. The molecule has 0 atom stereocenters. The van der Waals surface area contributed by atoms with Gasteiger partial charge in [-0.05, 0) is 19.5 Å². The minimum atomic E-state index is -3.75. The topological polar surface area (TPSA) is 81.2 Å². The Balaban J connectivity index is 3.17. The van der Waals surface area contributed by atoms with E-state index in [1.165, 1.54) is 0 Å². The van der Waals surface area contributed by atoms with Gasteiger partial charge < -0.3 is 4.90 Å².